The molecule has 2 aromatic rings. The highest BCUT2D eigenvalue weighted by molar-refractivity contribution is 7.13. The van der Waals surface area contributed by atoms with Crippen molar-refractivity contribution in [2.75, 3.05) is 50.9 Å². The summed E-state index contributed by atoms with van der Waals surface area (Å²) < 4.78 is 12.9. The van der Waals surface area contributed by atoms with Crippen LogP contribution in [0.5, 0.6) is 0 Å². The second-order valence-corrected chi connectivity index (χ2v) is 16.7. The number of nitrogens with zero attached hydrogens (tertiary/aromatic N) is 4. The van der Waals surface area contributed by atoms with Crippen LogP contribution in [-0.4, -0.2) is 77.5 Å². The Bertz CT molecular complexity index is 1350. The largest absolute Gasteiger partial charge is 1.00 e. The molecule has 1 aromatic carbocycles. The lowest BCUT2D eigenvalue weighted by atomic mass is 9.81. The smallest absolute Gasteiger partial charge is 0.315 e. The topological polar surface area (TPSA) is 79.8 Å². The highest BCUT2D eigenvalue weighted by Crippen LogP contribution is 2.38. The number of carbonyl (C=O) groups excluding carboxylic acids is 3. The van der Waals surface area contributed by atoms with E-state index in [0.29, 0.717) is 17.8 Å². The average Bonchev–Trinajstić information content (AvgIpc) is 3.65. The van der Waals surface area contributed by atoms with Gasteiger partial charge in [-0.3, -0.25) is 23.8 Å². The van der Waals surface area contributed by atoms with E-state index in [1.165, 1.54) is 67.9 Å². The number of halogens is 1. The molecule has 3 aliphatic rings. The summed E-state index contributed by atoms with van der Waals surface area (Å²) in [6.45, 7) is 11.5. The molecule has 8 nitrogen and oxygen atoms in total. The molecule has 50 heavy (non-hydrogen) atoms. The number of imide groups is 1. The molecule has 2 aliphatic heterocycles. The fourth-order valence-electron chi connectivity index (χ4n) is 8.33. The standard InChI is InChI=1S/C40H63N4O4S.HI/c1-4-5-6-7-8-9-10-11-12-17-24-40(2,3)39(47)48-31-44(28-19-18-25-43-37(45)32-20-13-14-21-33(32)38(43)46)29-26-42(27-30-44)36-34-22-15-16-23-35(34)49-41-36;/h15-16,22-23,32-33H,4-14,17-21,24-31H2,1-3H3;1H/q+1;/p-1. The van der Waals surface area contributed by atoms with Crippen LogP contribution in [0.3, 0.4) is 0 Å². The van der Waals surface area contributed by atoms with Gasteiger partial charge in [-0.1, -0.05) is 96.1 Å². The number of likely N-dealkylation sites (tertiary alicyclic amines) is 1. The number of benzene rings is 1. The minimum atomic E-state index is -0.501. The third kappa shape index (κ3) is 10.6. The number of piperazine rings is 1. The van der Waals surface area contributed by atoms with Gasteiger partial charge in [-0.25, -0.2) is 0 Å². The van der Waals surface area contributed by atoms with Crippen molar-refractivity contribution in [3.05, 3.63) is 24.3 Å². The van der Waals surface area contributed by atoms with E-state index in [0.717, 1.165) is 89.9 Å². The van der Waals surface area contributed by atoms with E-state index in [4.69, 9.17) is 9.11 Å². The Hall–Kier alpha value is -1.79. The highest BCUT2D eigenvalue weighted by atomic mass is 127. The predicted molar refractivity (Wildman–Crippen MR) is 199 cm³/mol. The van der Waals surface area contributed by atoms with Crippen LogP contribution in [0.4, 0.5) is 5.82 Å². The van der Waals surface area contributed by atoms with Gasteiger partial charge in [0.25, 0.3) is 0 Å². The number of anilines is 1. The maximum atomic E-state index is 13.5. The lowest BCUT2D eigenvalue weighted by molar-refractivity contribution is -0.944. The molecule has 5 rings (SSSR count). The molecule has 10 heteroatoms. The molecule has 0 bridgehead atoms. The van der Waals surface area contributed by atoms with Crippen LogP contribution in [0.25, 0.3) is 10.1 Å². The van der Waals surface area contributed by atoms with Gasteiger partial charge in [0.2, 0.25) is 18.5 Å². The van der Waals surface area contributed by atoms with Crippen LogP contribution >= 0.6 is 11.5 Å². The first-order valence-electron chi connectivity index (χ1n) is 19.7. The Morgan fingerprint density at radius 2 is 1.48 bits per heavy atom. The third-order valence-corrected chi connectivity index (χ3v) is 12.5. The lowest BCUT2D eigenvalue weighted by Gasteiger charge is -2.44. The number of esters is 1. The zero-order valence-corrected chi connectivity index (χ0v) is 34.1. The monoisotopic (exact) mass is 822 g/mol. The Kier molecular flexibility index (Phi) is 16.3. The van der Waals surface area contributed by atoms with E-state index in [9.17, 15) is 14.4 Å². The average molecular weight is 823 g/mol. The van der Waals surface area contributed by atoms with Gasteiger partial charge in [-0.2, -0.15) is 4.37 Å². The van der Waals surface area contributed by atoms with E-state index < -0.39 is 5.41 Å². The van der Waals surface area contributed by atoms with E-state index >= 15 is 0 Å². The van der Waals surface area contributed by atoms with Crippen molar-refractivity contribution in [1.82, 2.24) is 9.27 Å². The number of fused-ring (bicyclic) bond motifs is 2. The molecular formula is C40H63IN4O4S. The summed E-state index contributed by atoms with van der Waals surface area (Å²) in [4.78, 5) is 43.5. The first-order chi connectivity index (χ1) is 23.7. The number of amides is 2. The van der Waals surface area contributed by atoms with Crippen molar-refractivity contribution in [2.24, 2.45) is 17.3 Å². The summed E-state index contributed by atoms with van der Waals surface area (Å²) >= 11 is 1.55. The molecule has 1 saturated carbocycles. The zero-order chi connectivity index (χ0) is 34.7. The predicted octanol–water partition coefficient (Wildman–Crippen LogP) is 5.73. The number of hydrogen-bond donors (Lipinski definition) is 0. The van der Waals surface area contributed by atoms with Crippen molar-refractivity contribution < 1.29 is 47.6 Å². The zero-order valence-electron chi connectivity index (χ0n) is 31.1. The molecule has 2 saturated heterocycles. The summed E-state index contributed by atoms with van der Waals surface area (Å²) in [7, 11) is 0. The van der Waals surface area contributed by atoms with Crippen LogP contribution in [-0.2, 0) is 19.1 Å². The van der Waals surface area contributed by atoms with Gasteiger partial charge in [0, 0.05) is 11.9 Å². The van der Waals surface area contributed by atoms with Crippen LogP contribution in [0.1, 0.15) is 130 Å². The number of carbonyl (C=O) groups is 3. The number of quaternary nitrogens is 1. The van der Waals surface area contributed by atoms with Crippen molar-refractivity contribution in [1.29, 1.82) is 0 Å². The van der Waals surface area contributed by atoms with Crippen molar-refractivity contribution in [2.45, 2.75) is 130 Å². The number of rotatable bonds is 20. The maximum Gasteiger partial charge on any atom is 0.315 e. The summed E-state index contributed by atoms with van der Waals surface area (Å²) in [5, 5.41) is 1.20. The van der Waals surface area contributed by atoms with Gasteiger partial charge in [-0.05, 0) is 69.6 Å². The van der Waals surface area contributed by atoms with Crippen molar-refractivity contribution in [3.63, 3.8) is 0 Å². The van der Waals surface area contributed by atoms with E-state index in [-0.39, 0.29) is 53.6 Å². The minimum absolute atomic E-state index is 0. The second-order valence-electron chi connectivity index (χ2n) is 15.9. The van der Waals surface area contributed by atoms with Crippen LogP contribution in [0.2, 0.25) is 0 Å². The van der Waals surface area contributed by atoms with Gasteiger partial charge in [0.05, 0.1) is 54.7 Å². The molecule has 0 radical (unpaired) electrons. The van der Waals surface area contributed by atoms with E-state index in [2.05, 4.69) is 36.1 Å². The normalized spacial score (nSPS) is 20.6. The molecular weight excluding hydrogens is 759 g/mol. The molecule has 3 fully saturated rings. The van der Waals surface area contributed by atoms with Gasteiger partial charge in [0.15, 0.2) is 5.82 Å². The van der Waals surface area contributed by atoms with Gasteiger partial charge < -0.3 is 33.6 Å². The molecule has 1 aliphatic carbocycles. The van der Waals surface area contributed by atoms with Gasteiger partial charge in [-0.15, -0.1) is 0 Å². The summed E-state index contributed by atoms with van der Waals surface area (Å²) in [6.07, 6.45) is 19.2. The first kappa shape index (κ1) is 41.0. The fourth-order valence-corrected chi connectivity index (χ4v) is 9.13. The Labute approximate surface area is 322 Å². The summed E-state index contributed by atoms with van der Waals surface area (Å²) in [5.41, 5.74) is -0.501. The Balaban J connectivity index is 0.00000562. The highest BCUT2D eigenvalue weighted by Gasteiger charge is 2.47. The Morgan fingerprint density at radius 3 is 2.12 bits per heavy atom. The number of aromatic nitrogens is 1. The molecule has 2 unspecified atom stereocenters. The third-order valence-electron chi connectivity index (χ3n) is 11.7. The second kappa shape index (κ2) is 19.9. The first-order valence-corrected chi connectivity index (χ1v) is 20.5. The molecule has 1 aromatic heterocycles. The van der Waals surface area contributed by atoms with Crippen molar-refractivity contribution >= 4 is 45.2 Å². The maximum absolute atomic E-state index is 13.5. The fraction of sp³-hybridized carbons (Fsp3) is 0.750. The van der Waals surface area contributed by atoms with Crippen LogP contribution < -0.4 is 28.9 Å². The van der Waals surface area contributed by atoms with Crippen LogP contribution in [0.15, 0.2) is 24.3 Å². The SMILES string of the molecule is CCCCCCCCCCCCC(C)(C)C(=O)OC[N+]1(CCCCN2C(=O)C3CCCCC3C2=O)CCN(c2nsc3ccccc23)CC1.[I-]. The molecule has 0 spiro atoms. The minimum Gasteiger partial charge on any atom is -1.00 e. The van der Waals surface area contributed by atoms with E-state index in [1.807, 2.05) is 13.8 Å². The molecule has 2 atom stereocenters. The number of hydrogen-bond acceptors (Lipinski definition) is 7. The summed E-state index contributed by atoms with van der Waals surface area (Å²) in [5.74, 6) is 0.906. The lowest BCUT2D eigenvalue weighted by Crippen LogP contribution is -3.00. The van der Waals surface area contributed by atoms with Gasteiger partial charge in [0.1, 0.15) is 0 Å². The van der Waals surface area contributed by atoms with Crippen LogP contribution in [0, 0.1) is 17.3 Å². The Morgan fingerprint density at radius 1 is 0.880 bits per heavy atom. The molecule has 3 heterocycles. The summed E-state index contributed by atoms with van der Waals surface area (Å²) in [6, 6.07) is 8.42. The molecule has 0 N–H and O–H groups in total. The van der Waals surface area contributed by atoms with Gasteiger partial charge >= 0.3 is 5.97 Å². The van der Waals surface area contributed by atoms with E-state index in [1.54, 1.807) is 16.4 Å². The number of unbranched alkanes of at least 4 members (excludes halogenated alkanes) is 10. The number of ether oxygens (including phenoxy) is 1. The molecule has 2 amide bonds. The quantitative estimate of drug-likeness (QED) is 0.0559. The molecule has 280 valence electrons. The van der Waals surface area contributed by atoms with Crippen molar-refractivity contribution in [3.8, 4) is 0 Å².